The van der Waals surface area contributed by atoms with E-state index in [9.17, 15) is 8.42 Å². The molecule has 2 fully saturated rings. The van der Waals surface area contributed by atoms with Crippen LogP contribution in [0.1, 0.15) is 57.8 Å². The second-order valence-electron chi connectivity index (χ2n) is 6.57. The van der Waals surface area contributed by atoms with E-state index < -0.39 is 10.2 Å². The Balaban J connectivity index is 1.83. The molecule has 1 saturated heterocycles. The summed E-state index contributed by atoms with van der Waals surface area (Å²) < 4.78 is 29.6. The van der Waals surface area contributed by atoms with Crippen LogP contribution in [0.3, 0.4) is 0 Å². The topological polar surface area (TPSA) is 61.4 Å². The molecule has 1 saturated carbocycles. The molecule has 124 valence electrons. The number of hydrogen-bond donors (Lipinski definition) is 2. The summed E-state index contributed by atoms with van der Waals surface area (Å²) in [6.45, 7) is 2.31. The Morgan fingerprint density at radius 1 is 0.952 bits per heavy atom. The first-order valence-corrected chi connectivity index (χ1v) is 9.98. The SMILES string of the molecule is CNCC1CCN(S(=O)(=O)NC2CCCCCCC2)CC1. The van der Waals surface area contributed by atoms with Crippen molar-refractivity contribution in [3.05, 3.63) is 0 Å². The highest BCUT2D eigenvalue weighted by molar-refractivity contribution is 7.87. The van der Waals surface area contributed by atoms with Gasteiger partial charge in [-0.15, -0.1) is 0 Å². The third kappa shape index (κ3) is 5.51. The van der Waals surface area contributed by atoms with Crippen LogP contribution in [-0.2, 0) is 10.2 Å². The lowest BCUT2D eigenvalue weighted by atomic mass is 9.97. The van der Waals surface area contributed by atoms with Crippen molar-refractivity contribution in [2.24, 2.45) is 5.92 Å². The molecule has 0 radical (unpaired) electrons. The molecule has 1 aliphatic heterocycles. The lowest BCUT2D eigenvalue weighted by Crippen LogP contribution is -2.49. The van der Waals surface area contributed by atoms with E-state index in [1.807, 2.05) is 7.05 Å². The molecular weight excluding hydrogens is 286 g/mol. The van der Waals surface area contributed by atoms with Crippen molar-refractivity contribution in [3.63, 3.8) is 0 Å². The fourth-order valence-corrected chi connectivity index (χ4v) is 5.00. The van der Waals surface area contributed by atoms with Gasteiger partial charge in [-0.05, 0) is 45.2 Å². The minimum absolute atomic E-state index is 0.144. The van der Waals surface area contributed by atoms with Crippen molar-refractivity contribution in [2.45, 2.75) is 63.8 Å². The molecule has 0 unspecified atom stereocenters. The van der Waals surface area contributed by atoms with Gasteiger partial charge >= 0.3 is 0 Å². The van der Waals surface area contributed by atoms with Gasteiger partial charge in [-0.25, -0.2) is 0 Å². The van der Waals surface area contributed by atoms with Crippen molar-refractivity contribution in [1.29, 1.82) is 0 Å². The zero-order valence-corrected chi connectivity index (χ0v) is 14.1. The lowest BCUT2D eigenvalue weighted by molar-refractivity contribution is 0.265. The first-order chi connectivity index (χ1) is 10.1. The summed E-state index contributed by atoms with van der Waals surface area (Å²) in [6.07, 6.45) is 10.0. The summed E-state index contributed by atoms with van der Waals surface area (Å²) in [7, 11) is -1.33. The monoisotopic (exact) mass is 317 g/mol. The van der Waals surface area contributed by atoms with E-state index in [-0.39, 0.29) is 6.04 Å². The number of rotatable bonds is 5. The Morgan fingerprint density at radius 3 is 2.10 bits per heavy atom. The highest BCUT2D eigenvalue weighted by Crippen LogP contribution is 2.21. The van der Waals surface area contributed by atoms with Crippen molar-refractivity contribution < 1.29 is 8.42 Å². The van der Waals surface area contributed by atoms with Crippen LogP contribution < -0.4 is 10.0 Å². The van der Waals surface area contributed by atoms with Crippen molar-refractivity contribution in [1.82, 2.24) is 14.3 Å². The molecule has 0 aromatic rings. The Labute approximate surface area is 130 Å². The molecule has 0 atom stereocenters. The van der Waals surface area contributed by atoms with E-state index in [2.05, 4.69) is 10.0 Å². The molecule has 2 N–H and O–H groups in total. The van der Waals surface area contributed by atoms with Crippen LogP contribution in [0.15, 0.2) is 0 Å². The second-order valence-corrected chi connectivity index (χ2v) is 8.27. The highest BCUT2D eigenvalue weighted by atomic mass is 32.2. The van der Waals surface area contributed by atoms with Gasteiger partial charge in [0, 0.05) is 19.1 Å². The first-order valence-electron chi connectivity index (χ1n) is 8.54. The van der Waals surface area contributed by atoms with Gasteiger partial charge in [0.05, 0.1) is 0 Å². The minimum Gasteiger partial charge on any atom is -0.319 e. The van der Waals surface area contributed by atoms with Crippen LogP contribution in [0.4, 0.5) is 0 Å². The van der Waals surface area contributed by atoms with Crippen molar-refractivity contribution in [2.75, 3.05) is 26.7 Å². The number of nitrogens with zero attached hydrogens (tertiary/aromatic N) is 1. The predicted octanol–water partition coefficient (Wildman–Crippen LogP) is 1.87. The molecule has 2 aliphatic rings. The third-order valence-corrected chi connectivity index (χ3v) is 6.50. The van der Waals surface area contributed by atoms with E-state index in [0.29, 0.717) is 19.0 Å². The van der Waals surface area contributed by atoms with Gasteiger partial charge in [-0.3, -0.25) is 0 Å². The van der Waals surface area contributed by atoms with Crippen LogP contribution in [0, 0.1) is 5.92 Å². The maximum atomic E-state index is 12.5. The van der Waals surface area contributed by atoms with Gasteiger partial charge in [-0.1, -0.05) is 32.1 Å². The standard InChI is InChI=1S/C15H31N3O2S/c1-16-13-14-9-11-18(12-10-14)21(19,20)17-15-7-5-3-2-4-6-8-15/h14-17H,2-13H2,1H3. The molecule has 5 nitrogen and oxygen atoms in total. The molecule has 0 aromatic carbocycles. The van der Waals surface area contributed by atoms with Gasteiger partial charge in [0.25, 0.3) is 10.2 Å². The van der Waals surface area contributed by atoms with E-state index in [0.717, 1.165) is 45.1 Å². The average Bonchev–Trinajstić information content (AvgIpc) is 2.43. The molecule has 1 heterocycles. The first kappa shape index (κ1) is 17.2. The largest absolute Gasteiger partial charge is 0.319 e. The van der Waals surface area contributed by atoms with Crippen LogP contribution >= 0.6 is 0 Å². The lowest BCUT2D eigenvalue weighted by Gasteiger charge is -2.32. The number of piperidine rings is 1. The Morgan fingerprint density at radius 2 is 1.52 bits per heavy atom. The quantitative estimate of drug-likeness (QED) is 0.814. The summed E-state index contributed by atoms with van der Waals surface area (Å²) in [5, 5.41) is 3.19. The number of nitrogens with one attached hydrogen (secondary N) is 2. The molecule has 2 rings (SSSR count). The van der Waals surface area contributed by atoms with Gasteiger partial charge < -0.3 is 5.32 Å². The van der Waals surface area contributed by atoms with Gasteiger partial charge in [-0.2, -0.15) is 17.4 Å². The molecule has 0 aromatic heterocycles. The predicted molar refractivity (Wildman–Crippen MR) is 86.4 cm³/mol. The van der Waals surface area contributed by atoms with E-state index in [1.165, 1.54) is 19.3 Å². The molecule has 0 spiro atoms. The highest BCUT2D eigenvalue weighted by Gasteiger charge is 2.29. The zero-order valence-electron chi connectivity index (χ0n) is 13.3. The van der Waals surface area contributed by atoms with Crippen LogP contribution in [0.2, 0.25) is 0 Å². The Bertz CT molecular complexity index is 384. The van der Waals surface area contributed by atoms with Crippen LogP contribution in [-0.4, -0.2) is 45.4 Å². The van der Waals surface area contributed by atoms with E-state index >= 15 is 0 Å². The van der Waals surface area contributed by atoms with Crippen LogP contribution in [0.5, 0.6) is 0 Å². The Kier molecular flexibility index (Phi) is 6.92. The summed E-state index contributed by atoms with van der Waals surface area (Å²) in [5.41, 5.74) is 0. The molecule has 1 aliphatic carbocycles. The van der Waals surface area contributed by atoms with Crippen molar-refractivity contribution >= 4 is 10.2 Å². The molecule has 0 amide bonds. The molecule has 6 heteroatoms. The van der Waals surface area contributed by atoms with Gasteiger partial charge in [0.15, 0.2) is 0 Å². The summed E-state index contributed by atoms with van der Waals surface area (Å²) in [4.78, 5) is 0. The van der Waals surface area contributed by atoms with Gasteiger partial charge in [0.2, 0.25) is 0 Å². The summed E-state index contributed by atoms with van der Waals surface area (Å²) >= 11 is 0. The Hall–Kier alpha value is -0.170. The van der Waals surface area contributed by atoms with Crippen molar-refractivity contribution in [3.8, 4) is 0 Å². The summed E-state index contributed by atoms with van der Waals surface area (Å²) in [6, 6.07) is 0.144. The zero-order chi connectivity index (χ0) is 15.1. The molecule has 0 bridgehead atoms. The normalized spacial score (nSPS) is 24.6. The summed E-state index contributed by atoms with van der Waals surface area (Å²) in [5.74, 6) is 0.614. The maximum Gasteiger partial charge on any atom is 0.279 e. The maximum absolute atomic E-state index is 12.5. The van der Waals surface area contributed by atoms with E-state index in [1.54, 1.807) is 4.31 Å². The second kappa shape index (κ2) is 8.46. The minimum atomic E-state index is -3.29. The van der Waals surface area contributed by atoms with Gasteiger partial charge in [0.1, 0.15) is 0 Å². The average molecular weight is 317 g/mol. The molecule has 21 heavy (non-hydrogen) atoms. The fourth-order valence-electron chi connectivity index (χ4n) is 3.50. The smallest absolute Gasteiger partial charge is 0.279 e. The number of hydrogen-bond acceptors (Lipinski definition) is 3. The third-order valence-electron chi connectivity index (χ3n) is 4.83. The molecular formula is C15H31N3O2S. The van der Waals surface area contributed by atoms with E-state index in [4.69, 9.17) is 0 Å². The fraction of sp³-hybridized carbons (Fsp3) is 1.00. The van der Waals surface area contributed by atoms with Crippen LogP contribution in [0.25, 0.3) is 0 Å².